The summed E-state index contributed by atoms with van der Waals surface area (Å²) in [6.45, 7) is 8.68. The van der Waals surface area contributed by atoms with Gasteiger partial charge >= 0.3 is 0 Å². The summed E-state index contributed by atoms with van der Waals surface area (Å²) in [5.74, 6) is 1.09. The number of nitrogens with zero attached hydrogens (tertiary/aromatic N) is 2. The van der Waals surface area contributed by atoms with Crippen molar-refractivity contribution in [2.45, 2.75) is 57.0 Å². The van der Waals surface area contributed by atoms with E-state index >= 15 is 0 Å². The summed E-state index contributed by atoms with van der Waals surface area (Å²) in [5, 5.41) is 1.21. The molecule has 0 N–H and O–H groups in total. The maximum atomic E-state index is 12.9. The third kappa shape index (κ3) is 4.56. The third-order valence-electron chi connectivity index (χ3n) is 4.70. The number of fused-ring (bicyclic) bond motifs is 1. The van der Waals surface area contributed by atoms with Gasteiger partial charge in [0.1, 0.15) is 6.54 Å². The number of rotatable bonds is 7. The van der Waals surface area contributed by atoms with Crippen LogP contribution in [0.1, 0.15) is 33.3 Å². The van der Waals surface area contributed by atoms with Crippen molar-refractivity contribution in [2.24, 2.45) is 0 Å². The van der Waals surface area contributed by atoms with Crippen molar-refractivity contribution in [2.75, 3.05) is 0 Å². The zero-order valence-corrected chi connectivity index (χ0v) is 17.4. The first-order valence-corrected chi connectivity index (χ1v) is 10.5. The minimum Gasteiger partial charge on any atom is -0.337 e. The van der Waals surface area contributed by atoms with Gasteiger partial charge in [-0.05, 0) is 39.3 Å². The second-order valence-corrected chi connectivity index (χ2v) is 8.42. The second kappa shape index (κ2) is 8.66. The smallest absolute Gasteiger partial charge is 0.242 e. The molecule has 27 heavy (non-hydrogen) atoms. The van der Waals surface area contributed by atoms with Gasteiger partial charge in [0.25, 0.3) is 0 Å². The van der Waals surface area contributed by atoms with E-state index in [-0.39, 0.29) is 18.0 Å². The number of benzene rings is 2. The van der Waals surface area contributed by atoms with E-state index in [0.717, 1.165) is 11.3 Å². The Hall–Kier alpha value is -2.20. The van der Waals surface area contributed by atoms with Crippen LogP contribution >= 0.6 is 11.8 Å². The summed E-state index contributed by atoms with van der Waals surface area (Å²) in [4.78, 5) is 16.1. The molecule has 3 aromatic rings. The summed E-state index contributed by atoms with van der Waals surface area (Å²) in [6, 6.07) is 19.2. The molecular formula is C23H28N2OS. The number of carbonyl (C=O) groups is 1. The van der Waals surface area contributed by atoms with E-state index in [4.69, 9.17) is 0 Å². The van der Waals surface area contributed by atoms with Crippen LogP contribution in [-0.4, -0.2) is 27.5 Å². The maximum Gasteiger partial charge on any atom is 0.242 e. The number of para-hydroxylation sites is 1. The standard InChI is InChI=1S/C23H28N2OS/c1-17(2)25(18(3)4)23(26)15-24-14-22(20-12-8-9-13-21(20)24)27-16-19-10-6-5-7-11-19/h5-14,17-18H,15-16H2,1-4H3. The average molecular weight is 381 g/mol. The highest BCUT2D eigenvalue weighted by Crippen LogP contribution is 2.32. The molecule has 4 heteroatoms. The number of aromatic nitrogens is 1. The Bertz CT molecular complexity index is 891. The van der Waals surface area contributed by atoms with Gasteiger partial charge in [0.2, 0.25) is 5.91 Å². The van der Waals surface area contributed by atoms with E-state index in [9.17, 15) is 4.79 Å². The normalized spacial score (nSPS) is 11.5. The fourth-order valence-electron chi connectivity index (χ4n) is 3.59. The molecule has 0 aliphatic heterocycles. The zero-order valence-electron chi connectivity index (χ0n) is 16.6. The summed E-state index contributed by atoms with van der Waals surface area (Å²) in [7, 11) is 0. The van der Waals surface area contributed by atoms with E-state index < -0.39 is 0 Å². The Labute approximate surface area is 166 Å². The van der Waals surface area contributed by atoms with Crippen LogP contribution in [0.4, 0.5) is 0 Å². The number of carbonyl (C=O) groups excluding carboxylic acids is 1. The highest BCUT2D eigenvalue weighted by atomic mass is 32.2. The SMILES string of the molecule is CC(C)N(C(=O)Cn1cc(SCc2ccccc2)c2ccccc21)C(C)C. The molecule has 0 unspecified atom stereocenters. The van der Waals surface area contributed by atoms with Gasteiger partial charge in [0.05, 0.1) is 0 Å². The lowest BCUT2D eigenvalue weighted by molar-refractivity contribution is -0.135. The lowest BCUT2D eigenvalue weighted by Crippen LogP contribution is -2.43. The molecule has 1 heterocycles. The Kier molecular flexibility index (Phi) is 6.27. The molecule has 0 atom stereocenters. The topological polar surface area (TPSA) is 25.2 Å². The third-order valence-corrected chi connectivity index (χ3v) is 5.81. The molecule has 0 aliphatic carbocycles. The molecule has 142 valence electrons. The highest BCUT2D eigenvalue weighted by Gasteiger charge is 2.21. The Balaban J connectivity index is 1.85. The minimum absolute atomic E-state index is 0.167. The first-order valence-electron chi connectivity index (χ1n) is 9.53. The first-order chi connectivity index (χ1) is 13.0. The molecule has 3 rings (SSSR count). The Morgan fingerprint density at radius 1 is 0.963 bits per heavy atom. The van der Waals surface area contributed by atoms with Gasteiger partial charge in [-0.2, -0.15) is 0 Å². The quantitative estimate of drug-likeness (QED) is 0.500. The number of hydrogen-bond acceptors (Lipinski definition) is 2. The number of amides is 1. The molecule has 0 radical (unpaired) electrons. The Morgan fingerprint density at radius 2 is 1.59 bits per heavy atom. The predicted octanol–water partition coefficient (Wildman–Crippen LogP) is 5.58. The first kappa shape index (κ1) is 19.6. The second-order valence-electron chi connectivity index (χ2n) is 7.40. The molecule has 3 nitrogen and oxygen atoms in total. The molecule has 0 saturated carbocycles. The molecule has 0 aliphatic rings. The largest absolute Gasteiger partial charge is 0.337 e. The van der Waals surface area contributed by atoms with Gasteiger partial charge in [0.15, 0.2) is 0 Å². The molecule has 0 spiro atoms. The number of hydrogen-bond donors (Lipinski definition) is 0. The maximum absolute atomic E-state index is 12.9. The lowest BCUT2D eigenvalue weighted by Gasteiger charge is -2.31. The van der Waals surface area contributed by atoms with Crippen LogP contribution in [0, 0.1) is 0 Å². The molecule has 2 aromatic carbocycles. The molecule has 0 saturated heterocycles. The van der Waals surface area contributed by atoms with Crippen molar-refractivity contribution < 1.29 is 4.79 Å². The van der Waals surface area contributed by atoms with Crippen LogP contribution in [0.5, 0.6) is 0 Å². The molecule has 0 fully saturated rings. The van der Waals surface area contributed by atoms with Crippen molar-refractivity contribution in [3.8, 4) is 0 Å². The van der Waals surface area contributed by atoms with Gasteiger partial charge in [-0.15, -0.1) is 11.8 Å². The van der Waals surface area contributed by atoms with Crippen LogP contribution in [0.25, 0.3) is 10.9 Å². The lowest BCUT2D eigenvalue weighted by atomic mass is 10.2. The van der Waals surface area contributed by atoms with E-state index in [0.29, 0.717) is 6.54 Å². The Morgan fingerprint density at radius 3 is 2.26 bits per heavy atom. The van der Waals surface area contributed by atoms with Crippen LogP contribution in [0.3, 0.4) is 0 Å². The summed E-state index contributed by atoms with van der Waals surface area (Å²) in [5.41, 5.74) is 2.43. The van der Waals surface area contributed by atoms with Crippen LogP contribution < -0.4 is 0 Å². The molecule has 0 bridgehead atoms. The monoisotopic (exact) mass is 380 g/mol. The van der Waals surface area contributed by atoms with Gasteiger partial charge < -0.3 is 9.47 Å². The van der Waals surface area contributed by atoms with E-state index in [1.54, 1.807) is 0 Å². The van der Waals surface area contributed by atoms with Gasteiger partial charge in [-0.25, -0.2) is 0 Å². The molecule has 1 aromatic heterocycles. The van der Waals surface area contributed by atoms with Gasteiger partial charge in [-0.3, -0.25) is 4.79 Å². The van der Waals surface area contributed by atoms with E-state index in [1.165, 1.54) is 15.8 Å². The van der Waals surface area contributed by atoms with Crippen LogP contribution in [0.15, 0.2) is 65.7 Å². The fraction of sp³-hybridized carbons (Fsp3) is 0.348. The van der Waals surface area contributed by atoms with Gasteiger partial charge in [-0.1, -0.05) is 48.5 Å². The van der Waals surface area contributed by atoms with Gasteiger partial charge in [0, 0.05) is 39.8 Å². The van der Waals surface area contributed by atoms with Crippen molar-refractivity contribution in [3.05, 3.63) is 66.4 Å². The van der Waals surface area contributed by atoms with Crippen molar-refractivity contribution in [1.29, 1.82) is 0 Å². The summed E-state index contributed by atoms with van der Waals surface area (Å²) < 4.78 is 2.10. The number of thioether (sulfide) groups is 1. The van der Waals surface area contributed by atoms with Crippen LogP contribution in [0.2, 0.25) is 0 Å². The minimum atomic E-state index is 0.167. The predicted molar refractivity (Wildman–Crippen MR) is 115 cm³/mol. The summed E-state index contributed by atoms with van der Waals surface area (Å²) in [6.07, 6.45) is 2.13. The van der Waals surface area contributed by atoms with Crippen molar-refractivity contribution in [1.82, 2.24) is 9.47 Å². The summed E-state index contributed by atoms with van der Waals surface area (Å²) >= 11 is 1.83. The zero-order chi connectivity index (χ0) is 19.4. The fourth-order valence-corrected chi connectivity index (χ4v) is 4.64. The highest BCUT2D eigenvalue weighted by molar-refractivity contribution is 7.98. The van der Waals surface area contributed by atoms with E-state index in [1.807, 2.05) is 28.8 Å². The van der Waals surface area contributed by atoms with Crippen molar-refractivity contribution in [3.63, 3.8) is 0 Å². The molecular weight excluding hydrogens is 352 g/mol. The molecule has 1 amide bonds. The average Bonchev–Trinajstić information content (AvgIpc) is 2.98. The van der Waals surface area contributed by atoms with E-state index in [2.05, 4.69) is 80.9 Å². The van der Waals surface area contributed by atoms with Crippen molar-refractivity contribution >= 4 is 28.6 Å². The van der Waals surface area contributed by atoms with Crippen LogP contribution in [-0.2, 0) is 17.1 Å².